The molecule has 1 unspecified atom stereocenters. The van der Waals surface area contributed by atoms with E-state index in [2.05, 4.69) is 15.5 Å². The Balaban J connectivity index is 0.000000360. The maximum Gasteiger partial charge on any atom is 0.490 e. The topological polar surface area (TPSA) is 126 Å². The molecule has 2 amide bonds. The summed E-state index contributed by atoms with van der Waals surface area (Å²) >= 11 is 0. The van der Waals surface area contributed by atoms with Crippen LogP contribution in [0.15, 0.2) is 35.1 Å². The zero-order valence-electron chi connectivity index (χ0n) is 17.1. The molecule has 0 aliphatic carbocycles. The number of hydrogen-bond donors (Lipinski definition) is 2. The first kappa shape index (κ1) is 23.2. The molecule has 1 spiro atoms. The van der Waals surface area contributed by atoms with Crippen molar-refractivity contribution in [3.8, 4) is 0 Å². The van der Waals surface area contributed by atoms with Crippen molar-refractivity contribution in [2.75, 3.05) is 13.1 Å². The van der Waals surface area contributed by atoms with Crippen LogP contribution in [-0.2, 0) is 9.59 Å². The van der Waals surface area contributed by atoms with Crippen molar-refractivity contribution < 1.29 is 37.2 Å². The zero-order chi connectivity index (χ0) is 23.5. The summed E-state index contributed by atoms with van der Waals surface area (Å²) in [7, 11) is 0. The molecule has 2 saturated heterocycles. The van der Waals surface area contributed by atoms with E-state index in [0.29, 0.717) is 24.5 Å². The van der Waals surface area contributed by atoms with Crippen molar-refractivity contribution in [3.05, 3.63) is 47.6 Å². The molecule has 2 aromatic rings. The average Bonchev–Trinajstić information content (AvgIpc) is 3.32. The van der Waals surface area contributed by atoms with Crippen LogP contribution in [0.2, 0.25) is 0 Å². The van der Waals surface area contributed by atoms with Gasteiger partial charge in [0.1, 0.15) is 5.76 Å². The second-order valence-electron chi connectivity index (χ2n) is 7.73. The van der Waals surface area contributed by atoms with Gasteiger partial charge in [0, 0.05) is 37.1 Å². The van der Waals surface area contributed by atoms with E-state index in [9.17, 15) is 22.8 Å². The molecule has 172 valence electrons. The first-order valence-corrected chi connectivity index (χ1v) is 9.75. The molecule has 12 heteroatoms. The number of carbonyl (C=O) groups excluding carboxylic acids is 2. The summed E-state index contributed by atoms with van der Waals surface area (Å²) in [6, 6.07) is 5.46. The lowest BCUT2D eigenvalue weighted by atomic mass is 9.82. The minimum absolute atomic E-state index is 0.0555. The van der Waals surface area contributed by atoms with Crippen molar-refractivity contribution in [1.29, 1.82) is 0 Å². The smallest absolute Gasteiger partial charge is 0.475 e. The molecule has 0 bridgehead atoms. The van der Waals surface area contributed by atoms with Gasteiger partial charge in [-0.3, -0.25) is 14.6 Å². The van der Waals surface area contributed by atoms with E-state index in [1.165, 1.54) is 0 Å². The number of aromatic nitrogens is 2. The van der Waals surface area contributed by atoms with Crippen LogP contribution in [0.5, 0.6) is 0 Å². The van der Waals surface area contributed by atoms with Crippen LogP contribution in [-0.4, -0.2) is 62.7 Å². The average molecular weight is 454 g/mol. The highest BCUT2D eigenvalue weighted by molar-refractivity contribution is 5.92. The van der Waals surface area contributed by atoms with Crippen molar-refractivity contribution >= 4 is 17.8 Å². The number of aliphatic carboxylic acids is 1. The standard InChI is InChI=1S/C18H20N4O3.C2HF3O2/c1-12-9-15(21-25-12)17(24)22-7-4-18(5-8-22)10-14(16(23)20-18)13-3-2-6-19-11-13;3-2(4,5)1(6)7/h2-3,6,9,11,14H,4-5,7-8,10H2,1H3,(H,20,23);(H,6,7). The van der Waals surface area contributed by atoms with Gasteiger partial charge in [-0.25, -0.2) is 4.79 Å². The third kappa shape index (κ3) is 5.24. The lowest BCUT2D eigenvalue weighted by molar-refractivity contribution is -0.192. The molecule has 4 heterocycles. The molecule has 2 aromatic heterocycles. The van der Waals surface area contributed by atoms with Gasteiger partial charge in [0.15, 0.2) is 5.69 Å². The van der Waals surface area contributed by atoms with Gasteiger partial charge in [-0.05, 0) is 37.8 Å². The van der Waals surface area contributed by atoms with Crippen LogP contribution >= 0.6 is 0 Å². The van der Waals surface area contributed by atoms with Gasteiger partial charge in [-0.1, -0.05) is 11.2 Å². The Hall–Kier alpha value is -3.44. The number of piperidine rings is 1. The summed E-state index contributed by atoms with van der Waals surface area (Å²) in [5, 5.41) is 14.1. The summed E-state index contributed by atoms with van der Waals surface area (Å²) in [4.78, 5) is 39.7. The van der Waals surface area contributed by atoms with Crippen LogP contribution in [0.25, 0.3) is 0 Å². The second kappa shape index (κ2) is 8.97. The van der Waals surface area contributed by atoms with Gasteiger partial charge in [-0.2, -0.15) is 13.2 Å². The molecule has 2 aliphatic heterocycles. The number of likely N-dealkylation sites (tertiary alicyclic amines) is 1. The van der Waals surface area contributed by atoms with E-state index < -0.39 is 12.1 Å². The van der Waals surface area contributed by atoms with E-state index in [1.54, 1.807) is 30.3 Å². The first-order valence-electron chi connectivity index (χ1n) is 9.75. The molecule has 0 radical (unpaired) electrons. The first-order chi connectivity index (χ1) is 15.0. The maximum absolute atomic E-state index is 12.5. The van der Waals surface area contributed by atoms with E-state index >= 15 is 0 Å². The molecule has 0 aromatic carbocycles. The van der Waals surface area contributed by atoms with E-state index in [0.717, 1.165) is 24.8 Å². The fourth-order valence-corrected chi connectivity index (χ4v) is 3.83. The molecule has 0 saturated carbocycles. The molecule has 1 atom stereocenters. The quantitative estimate of drug-likeness (QED) is 0.713. The number of carbonyl (C=O) groups is 3. The zero-order valence-corrected chi connectivity index (χ0v) is 17.1. The third-order valence-corrected chi connectivity index (χ3v) is 5.48. The summed E-state index contributed by atoms with van der Waals surface area (Å²) in [5.74, 6) is -2.35. The van der Waals surface area contributed by atoms with E-state index in [4.69, 9.17) is 14.4 Å². The van der Waals surface area contributed by atoms with Crippen LogP contribution in [0.1, 0.15) is 47.0 Å². The highest BCUT2D eigenvalue weighted by Gasteiger charge is 2.47. The van der Waals surface area contributed by atoms with Crippen molar-refractivity contribution in [1.82, 2.24) is 20.4 Å². The molecule has 2 N–H and O–H groups in total. The van der Waals surface area contributed by atoms with E-state index in [1.807, 2.05) is 12.1 Å². The number of nitrogens with one attached hydrogen (secondary N) is 1. The Morgan fingerprint density at radius 3 is 2.47 bits per heavy atom. The summed E-state index contributed by atoms with van der Waals surface area (Å²) < 4.78 is 36.7. The molecule has 32 heavy (non-hydrogen) atoms. The van der Waals surface area contributed by atoms with Crippen LogP contribution < -0.4 is 5.32 Å². The fraction of sp³-hybridized carbons (Fsp3) is 0.450. The predicted molar refractivity (Wildman–Crippen MR) is 103 cm³/mol. The Kier molecular flexibility index (Phi) is 6.51. The number of nitrogens with zero attached hydrogens (tertiary/aromatic N) is 3. The highest BCUT2D eigenvalue weighted by atomic mass is 19.4. The monoisotopic (exact) mass is 454 g/mol. The van der Waals surface area contributed by atoms with Crippen molar-refractivity contribution in [2.24, 2.45) is 0 Å². The molecule has 4 rings (SSSR count). The molecule has 2 fully saturated rings. The predicted octanol–water partition coefficient (Wildman–Crippen LogP) is 2.29. The Morgan fingerprint density at radius 1 is 1.31 bits per heavy atom. The number of amides is 2. The van der Waals surface area contributed by atoms with Crippen LogP contribution in [0.3, 0.4) is 0 Å². The largest absolute Gasteiger partial charge is 0.490 e. The molecule has 9 nitrogen and oxygen atoms in total. The minimum atomic E-state index is -5.08. The lowest BCUT2D eigenvalue weighted by Crippen LogP contribution is -2.52. The van der Waals surface area contributed by atoms with Crippen LogP contribution in [0.4, 0.5) is 13.2 Å². The minimum Gasteiger partial charge on any atom is -0.475 e. The van der Waals surface area contributed by atoms with Gasteiger partial charge in [-0.15, -0.1) is 0 Å². The van der Waals surface area contributed by atoms with Gasteiger partial charge in [0.2, 0.25) is 5.91 Å². The molecular formula is C20H21F3N4O5. The molecule has 2 aliphatic rings. The summed E-state index contributed by atoms with van der Waals surface area (Å²) in [6.07, 6.45) is 0.634. The maximum atomic E-state index is 12.5. The number of rotatable bonds is 2. The number of carboxylic acids is 1. The summed E-state index contributed by atoms with van der Waals surface area (Å²) in [6.45, 7) is 2.97. The third-order valence-electron chi connectivity index (χ3n) is 5.48. The Labute approximate surface area is 180 Å². The number of carboxylic acid groups (broad SMARTS) is 1. The van der Waals surface area contributed by atoms with Gasteiger partial charge in [0.05, 0.1) is 5.92 Å². The number of aryl methyl sites for hydroxylation is 1. The van der Waals surface area contributed by atoms with Crippen molar-refractivity contribution in [3.63, 3.8) is 0 Å². The summed E-state index contributed by atoms with van der Waals surface area (Å²) in [5.41, 5.74) is 1.07. The number of pyridine rings is 1. The van der Waals surface area contributed by atoms with Gasteiger partial charge < -0.3 is 19.8 Å². The lowest BCUT2D eigenvalue weighted by Gasteiger charge is -2.39. The number of alkyl halides is 3. The Bertz CT molecular complexity index is 985. The number of hydrogen-bond acceptors (Lipinski definition) is 6. The van der Waals surface area contributed by atoms with Crippen molar-refractivity contribution in [2.45, 2.75) is 43.8 Å². The molecular weight excluding hydrogens is 433 g/mol. The normalized spacial score (nSPS) is 19.8. The van der Waals surface area contributed by atoms with Gasteiger partial charge in [0.25, 0.3) is 5.91 Å². The Morgan fingerprint density at radius 2 is 1.97 bits per heavy atom. The fourth-order valence-electron chi connectivity index (χ4n) is 3.83. The second-order valence-corrected chi connectivity index (χ2v) is 7.73. The van der Waals surface area contributed by atoms with Gasteiger partial charge >= 0.3 is 12.1 Å². The van der Waals surface area contributed by atoms with Crippen LogP contribution in [0, 0.1) is 6.92 Å². The number of halogens is 3. The highest BCUT2D eigenvalue weighted by Crippen LogP contribution is 2.39. The van der Waals surface area contributed by atoms with E-state index in [-0.39, 0.29) is 23.3 Å². The SMILES string of the molecule is Cc1cc(C(=O)N2CCC3(CC2)CC(c2cccnc2)C(=O)N3)no1.O=C(O)C(F)(F)F.